The van der Waals surface area contributed by atoms with E-state index in [0.717, 1.165) is 29.0 Å². The lowest BCUT2D eigenvalue weighted by molar-refractivity contribution is 0.888. The number of aromatic amines is 1. The largest absolute Gasteiger partial charge is 0.344 e. The summed E-state index contributed by atoms with van der Waals surface area (Å²) in [5, 5.41) is 0. The molecule has 0 aliphatic heterocycles. The number of imidazole rings is 1. The minimum absolute atomic E-state index is 0.447. The van der Waals surface area contributed by atoms with Crippen molar-refractivity contribution in [3.8, 4) is 0 Å². The van der Waals surface area contributed by atoms with Gasteiger partial charge < -0.3 is 10.7 Å². The highest BCUT2D eigenvalue weighted by Gasteiger charge is 2.07. The van der Waals surface area contributed by atoms with Crippen LogP contribution in [0.2, 0.25) is 0 Å². The molecule has 3 nitrogen and oxygen atoms in total. The van der Waals surface area contributed by atoms with Crippen LogP contribution in [0, 0.1) is 13.8 Å². The number of benzene rings is 1. The average Bonchev–Trinajstić information content (AvgIpc) is 2.69. The second kappa shape index (κ2) is 5.67. The van der Waals surface area contributed by atoms with Gasteiger partial charge in [-0.1, -0.05) is 23.8 Å². The minimum atomic E-state index is 0.447. The first-order chi connectivity index (χ1) is 8.60. The van der Waals surface area contributed by atoms with Gasteiger partial charge in [-0.05, 0) is 53.7 Å². The van der Waals surface area contributed by atoms with Crippen LogP contribution in [0.5, 0.6) is 0 Å². The molecular weight excluding hydrogens is 290 g/mol. The molecule has 3 N–H and O–H groups in total. The van der Waals surface area contributed by atoms with Crippen molar-refractivity contribution in [3.05, 3.63) is 51.0 Å². The van der Waals surface area contributed by atoms with Gasteiger partial charge in [-0.3, -0.25) is 0 Å². The number of halogens is 1. The SMILES string of the molecule is Cc1ccc(CCc2[nH]c(CN)nc2Br)c(C)c1. The molecule has 0 bridgehead atoms. The van der Waals surface area contributed by atoms with Crippen LogP contribution in [0.4, 0.5) is 0 Å². The fourth-order valence-electron chi connectivity index (χ4n) is 2.09. The molecular formula is C14H18BrN3. The molecule has 1 heterocycles. The molecule has 2 rings (SSSR count). The van der Waals surface area contributed by atoms with Gasteiger partial charge in [-0.2, -0.15) is 0 Å². The predicted octanol–water partition coefficient (Wildman–Crippen LogP) is 3.03. The van der Waals surface area contributed by atoms with Gasteiger partial charge >= 0.3 is 0 Å². The van der Waals surface area contributed by atoms with Crippen LogP contribution in [0.15, 0.2) is 22.8 Å². The molecule has 2 aromatic rings. The highest BCUT2D eigenvalue weighted by atomic mass is 79.9. The van der Waals surface area contributed by atoms with E-state index >= 15 is 0 Å². The third-order valence-corrected chi connectivity index (χ3v) is 3.77. The monoisotopic (exact) mass is 307 g/mol. The number of hydrogen-bond acceptors (Lipinski definition) is 2. The highest BCUT2D eigenvalue weighted by Crippen LogP contribution is 2.18. The molecule has 0 aliphatic carbocycles. The average molecular weight is 308 g/mol. The molecule has 0 radical (unpaired) electrons. The van der Waals surface area contributed by atoms with Crippen LogP contribution < -0.4 is 5.73 Å². The molecule has 0 unspecified atom stereocenters. The second-order valence-electron chi connectivity index (χ2n) is 4.59. The van der Waals surface area contributed by atoms with E-state index in [4.69, 9.17) is 5.73 Å². The van der Waals surface area contributed by atoms with Gasteiger partial charge in [0.1, 0.15) is 10.4 Å². The molecule has 0 amide bonds. The number of nitrogens with two attached hydrogens (primary N) is 1. The maximum atomic E-state index is 5.57. The fourth-order valence-corrected chi connectivity index (χ4v) is 2.60. The highest BCUT2D eigenvalue weighted by molar-refractivity contribution is 9.10. The van der Waals surface area contributed by atoms with Crippen molar-refractivity contribution in [2.45, 2.75) is 33.2 Å². The van der Waals surface area contributed by atoms with Crippen molar-refractivity contribution < 1.29 is 0 Å². The predicted molar refractivity (Wildman–Crippen MR) is 77.5 cm³/mol. The Labute approximate surface area is 116 Å². The maximum Gasteiger partial charge on any atom is 0.127 e. The topological polar surface area (TPSA) is 54.7 Å². The lowest BCUT2D eigenvalue weighted by Crippen LogP contribution is -1.99. The Hall–Kier alpha value is -1.13. The van der Waals surface area contributed by atoms with E-state index in [1.807, 2.05) is 0 Å². The van der Waals surface area contributed by atoms with Gasteiger partial charge in [0.15, 0.2) is 0 Å². The van der Waals surface area contributed by atoms with Crippen LogP contribution in [0.1, 0.15) is 28.2 Å². The second-order valence-corrected chi connectivity index (χ2v) is 5.34. The molecule has 0 spiro atoms. The number of rotatable bonds is 4. The van der Waals surface area contributed by atoms with Crippen molar-refractivity contribution in [2.75, 3.05) is 0 Å². The van der Waals surface area contributed by atoms with Gasteiger partial charge in [0.2, 0.25) is 0 Å². The number of nitrogens with one attached hydrogen (secondary N) is 1. The molecule has 0 saturated heterocycles. The number of hydrogen-bond donors (Lipinski definition) is 2. The molecule has 1 aromatic heterocycles. The zero-order valence-electron chi connectivity index (χ0n) is 10.8. The third-order valence-electron chi connectivity index (χ3n) is 3.11. The van der Waals surface area contributed by atoms with Crippen molar-refractivity contribution in [2.24, 2.45) is 5.73 Å². The molecule has 96 valence electrons. The van der Waals surface area contributed by atoms with Crippen LogP contribution >= 0.6 is 15.9 Å². The van der Waals surface area contributed by atoms with E-state index in [1.54, 1.807) is 0 Å². The Morgan fingerprint density at radius 3 is 2.67 bits per heavy atom. The van der Waals surface area contributed by atoms with E-state index in [0.29, 0.717) is 6.54 Å². The summed E-state index contributed by atoms with van der Waals surface area (Å²) in [7, 11) is 0. The molecule has 18 heavy (non-hydrogen) atoms. The van der Waals surface area contributed by atoms with Crippen molar-refractivity contribution in [3.63, 3.8) is 0 Å². The standard InChI is InChI=1S/C14H18BrN3/c1-9-3-4-11(10(2)7-9)5-6-12-14(15)18-13(8-16)17-12/h3-4,7H,5-6,8,16H2,1-2H3,(H,17,18). The Balaban J connectivity index is 2.08. The first-order valence-electron chi connectivity index (χ1n) is 6.09. The van der Waals surface area contributed by atoms with Crippen molar-refractivity contribution >= 4 is 15.9 Å². The Morgan fingerprint density at radius 2 is 2.06 bits per heavy atom. The summed E-state index contributed by atoms with van der Waals surface area (Å²) in [6, 6.07) is 6.59. The van der Waals surface area contributed by atoms with Crippen molar-refractivity contribution in [1.29, 1.82) is 0 Å². The zero-order valence-corrected chi connectivity index (χ0v) is 12.3. The maximum absolute atomic E-state index is 5.57. The van der Waals surface area contributed by atoms with E-state index in [9.17, 15) is 0 Å². The lowest BCUT2D eigenvalue weighted by Gasteiger charge is -2.06. The fraction of sp³-hybridized carbons (Fsp3) is 0.357. The Kier molecular flexibility index (Phi) is 4.19. The van der Waals surface area contributed by atoms with Gasteiger partial charge in [-0.15, -0.1) is 0 Å². The number of nitrogens with zero attached hydrogens (tertiary/aromatic N) is 1. The van der Waals surface area contributed by atoms with E-state index in [-0.39, 0.29) is 0 Å². The van der Waals surface area contributed by atoms with Gasteiger partial charge in [0.25, 0.3) is 0 Å². The van der Waals surface area contributed by atoms with Crippen LogP contribution in [0.25, 0.3) is 0 Å². The molecule has 4 heteroatoms. The summed E-state index contributed by atoms with van der Waals surface area (Å²) >= 11 is 3.46. The zero-order chi connectivity index (χ0) is 13.1. The van der Waals surface area contributed by atoms with E-state index in [1.165, 1.54) is 16.7 Å². The summed E-state index contributed by atoms with van der Waals surface area (Å²) in [6.45, 7) is 4.73. The number of aryl methyl sites for hydroxylation is 4. The third kappa shape index (κ3) is 3.00. The lowest BCUT2D eigenvalue weighted by atomic mass is 10.0. The smallest absolute Gasteiger partial charge is 0.127 e. The minimum Gasteiger partial charge on any atom is -0.344 e. The molecule has 0 aliphatic rings. The van der Waals surface area contributed by atoms with Crippen molar-refractivity contribution in [1.82, 2.24) is 9.97 Å². The Morgan fingerprint density at radius 1 is 1.28 bits per heavy atom. The first-order valence-corrected chi connectivity index (χ1v) is 6.89. The quantitative estimate of drug-likeness (QED) is 0.912. The number of H-pyrrole nitrogens is 1. The van der Waals surface area contributed by atoms with Crippen LogP contribution in [0.3, 0.4) is 0 Å². The number of aromatic nitrogens is 2. The van der Waals surface area contributed by atoms with E-state index in [2.05, 4.69) is 57.9 Å². The first kappa shape index (κ1) is 13.3. The molecule has 1 aromatic carbocycles. The molecule has 0 atom stereocenters. The summed E-state index contributed by atoms with van der Waals surface area (Å²) in [5.41, 5.74) is 10.7. The summed E-state index contributed by atoms with van der Waals surface area (Å²) in [4.78, 5) is 7.56. The van der Waals surface area contributed by atoms with Gasteiger partial charge in [-0.25, -0.2) is 4.98 Å². The summed E-state index contributed by atoms with van der Waals surface area (Å²) in [5.74, 6) is 0.831. The van der Waals surface area contributed by atoms with Gasteiger partial charge in [0.05, 0.1) is 6.54 Å². The molecule has 0 fully saturated rings. The summed E-state index contributed by atoms with van der Waals surface area (Å²) in [6.07, 6.45) is 1.95. The molecule has 0 saturated carbocycles. The van der Waals surface area contributed by atoms with Gasteiger partial charge in [0, 0.05) is 5.69 Å². The Bertz CT molecular complexity index is 546. The normalized spacial score (nSPS) is 10.9. The van der Waals surface area contributed by atoms with Crippen LogP contribution in [-0.4, -0.2) is 9.97 Å². The van der Waals surface area contributed by atoms with Crippen LogP contribution in [-0.2, 0) is 19.4 Å². The van der Waals surface area contributed by atoms with E-state index < -0.39 is 0 Å². The summed E-state index contributed by atoms with van der Waals surface area (Å²) < 4.78 is 0.882.